The van der Waals surface area contributed by atoms with Gasteiger partial charge < -0.3 is 14.2 Å². The van der Waals surface area contributed by atoms with Crippen LogP contribution in [-0.4, -0.2) is 43.6 Å². The van der Waals surface area contributed by atoms with Crippen molar-refractivity contribution in [1.29, 1.82) is 0 Å². The van der Waals surface area contributed by atoms with Crippen molar-refractivity contribution in [1.82, 2.24) is 29.4 Å². The van der Waals surface area contributed by atoms with Crippen LogP contribution in [0.15, 0.2) is 85.2 Å². The molecule has 0 saturated heterocycles. The third-order valence-electron chi connectivity index (χ3n) is 7.02. The van der Waals surface area contributed by atoms with Crippen molar-refractivity contribution in [2.45, 2.75) is 12.8 Å². The van der Waals surface area contributed by atoms with Gasteiger partial charge in [-0.2, -0.15) is 5.10 Å². The van der Waals surface area contributed by atoms with Crippen molar-refractivity contribution in [3.05, 3.63) is 108 Å². The van der Waals surface area contributed by atoms with E-state index in [2.05, 4.69) is 6.07 Å². The van der Waals surface area contributed by atoms with Gasteiger partial charge in [0.15, 0.2) is 11.5 Å². The lowest BCUT2D eigenvalue weighted by Gasteiger charge is -2.27. The van der Waals surface area contributed by atoms with E-state index in [0.29, 0.717) is 29.0 Å². The molecule has 7 rings (SSSR count). The first-order chi connectivity index (χ1) is 19.2. The Labute approximate surface area is 224 Å². The van der Waals surface area contributed by atoms with Crippen LogP contribution in [0.3, 0.4) is 0 Å². The molecular weight excluding hydrogens is 492 g/mol. The van der Waals surface area contributed by atoms with Crippen LogP contribution in [0, 0.1) is 6.92 Å². The van der Waals surface area contributed by atoms with Crippen LogP contribution in [0.4, 0.5) is 0 Å². The van der Waals surface area contributed by atoms with E-state index in [-0.39, 0.29) is 5.92 Å². The fourth-order valence-corrected chi connectivity index (χ4v) is 5.28. The highest BCUT2D eigenvalue weighted by Gasteiger charge is 2.39. The van der Waals surface area contributed by atoms with Gasteiger partial charge in [0.2, 0.25) is 11.8 Å². The smallest absolute Gasteiger partial charge is 0.230 e. The van der Waals surface area contributed by atoms with Crippen LogP contribution in [0.1, 0.15) is 28.3 Å². The molecule has 9 heteroatoms. The summed E-state index contributed by atoms with van der Waals surface area (Å²) >= 11 is 0. The Balaban J connectivity index is 1.51. The topological polar surface area (TPSA) is 88.6 Å². The highest BCUT2D eigenvalue weighted by Crippen LogP contribution is 2.51. The molecule has 0 bridgehead atoms. The van der Waals surface area contributed by atoms with Gasteiger partial charge in [0.25, 0.3) is 0 Å². The van der Waals surface area contributed by atoms with Crippen LogP contribution < -0.4 is 14.2 Å². The molecule has 1 atom stereocenters. The van der Waals surface area contributed by atoms with Crippen molar-refractivity contribution in [3.63, 3.8) is 0 Å². The fraction of sp³-hybridized carbons (Fsp3) is 0.133. The SMILES string of the molecule is COc1ccccc1-c1nc2c3c(ncn2n1)Oc1c(c(C)nn1-c1ccccc1)C3c1ccccc1OC. The number of nitrogens with zero attached hydrogens (tertiary/aromatic N) is 6. The number of aromatic nitrogens is 6. The maximum atomic E-state index is 6.52. The first kappa shape index (κ1) is 23.0. The van der Waals surface area contributed by atoms with Gasteiger partial charge in [0.05, 0.1) is 48.2 Å². The second-order valence-corrected chi connectivity index (χ2v) is 9.20. The van der Waals surface area contributed by atoms with E-state index >= 15 is 0 Å². The minimum Gasteiger partial charge on any atom is -0.496 e. The maximum Gasteiger partial charge on any atom is 0.230 e. The average molecular weight is 517 g/mol. The number of aryl methyl sites for hydroxylation is 1. The van der Waals surface area contributed by atoms with E-state index < -0.39 is 0 Å². The molecule has 39 heavy (non-hydrogen) atoms. The largest absolute Gasteiger partial charge is 0.496 e. The Morgan fingerprint density at radius 2 is 1.51 bits per heavy atom. The molecule has 9 nitrogen and oxygen atoms in total. The zero-order valence-corrected chi connectivity index (χ0v) is 21.6. The lowest BCUT2D eigenvalue weighted by atomic mass is 9.84. The summed E-state index contributed by atoms with van der Waals surface area (Å²) in [4.78, 5) is 9.68. The van der Waals surface area contributed by atoms with Gasteiger partial charge in [-0.15, -0.1) is 5.10 Å². The zero-order chi connectivity index (χ0) is 26.5. The van der Waals surface area contributed by atoms with Gasteiger partial charge in [-0.3, -0.25) is 0 Å². The second kappa shape index (κ2) is 8.98. The molecule has 3 aromatic carbocycles. The van der Waals surface area contributed by atoms with Crippen molar-refractivity contribution in [3.8, 4) is 40.3 Å². The molecule has 4 heterocycles. The number of hydrogen-bond donors (Lipinski definition) is 0. The number of hydrogen-bond acceptors (Lipinski definition) is 7. The van der Waals surface area contributed by atoms with Crippen molar-refractivity contribution >= 4 is 5.65 Å². The quantitative estimate of drug-likeness (QED) is 0.295. The third kappa shape index (κ3) is 3.54. The summed E-state index contributed by atoms with van der Waals surface area (Å²) in [6.07, 6.45) is 1.63. The number of methoxy groups -OCH3 is 2. The molecular formula is C30H24N6O3. The Morgan fingerprint density at radius 1 is 0.795 bits per heavy atom. The molecule has 3 aromatic heterocycles. The van der Waals surface area contributed by atoms with Crippen molar-refractivity contribution < 1.29 is 14.2 Å². The molecule has 1 unspecified atom stereocenters. The minimum atomic E-state index is -0.316. The summed E-state index contributed by atoms with van der Waals surface area (Å²) in [6.45, 7) is 1.99. The molecule has 0 aliphatic carbocycles. The van der Waals surface area contributed by atoms with Gasteiger partial charge in [-0.1, -0.05) is 48.5 Å². The second-order valence-electron chi connectivity index (χ2n) is 9.20. The Morgan fingerprint density at radius 3 is 2.31 bits per heavy atom. The number of fused-ring (bicyclic) bond motifs is 4. The molecule has 1 aliphatic rings. The Kier molecular flexibility index (Phi) is 5.29. The van der Waals surface area contributed by atoms with Gasteiger partial charge in [-0.05, 0) is 37.3 Å². The number of ether oxygens (including phenoxy) is 3. The van der Waals surface area contributed by atoms with Crippen LogP contribution in [0.25, 0.3) is 22.7 Å². The average Bonchev–Trinajstić information content (AvgIpc) is 3.57. The molecule has 192 valence electrons. The highest BCUT2D eigenvalue weighted by molar-refractivity contribution is 5.71. The van der Waals surface area contributed by atoms with Gasteiger partial charge >= 0.3 is 0 Å². The van der Waals surface area contributed by atoms with Crippen molar-refractivity contribution in [2.75, 3.05) is 14.2 Å². The molecule has 0 N–H and O–H groups in total. The summed E-state index contributed by atoms with van der Waals surface area (Å²) in [5.41, 5.74) is 5.82. The van der Waals surface area contributed by atoms with E-state index in [1.807, 2.05) is 84.4 Å². The minimum absolute atomic E-state index is 0.316. The lowest BCUT2D eigenvalue weighted by molar-refractivity contribution is 0.393. The number of para-hydroxylation sites is 3. The molecule has 0 amide bonds. The third-order valence-corrected chi connectivity index (χ3v) is 7.02. The highest BCUT2D eigenvalue weighted by atomic mass is 16.5. The normalized spacial score (nSPS) is 14.0. The predicted molar refractivity (Wildman–Crippen MR) is 145 cm³/mol. The molecule has 0 fully saturated rings. The van der Waals surface area contributed by atoms with Gasteiger partial charge in [0, 0.05) is 5.56 Å². The number of rotatable bonds is 5. The van der Waals surface area contributed by atoms with Crippen LogP contribution >= 0.6 is 0 Å². The van der Waals surface area contributed by atoms with E-state index in [1.54, 1.807) is 25.1 Å². The molecule has 6 aromatic rings. The monoisotopic (exact) mass is 516 g/mol. The fourth-order valence-electron chi connectivity index (χ4n) is 5.28. The molecule has 0 saturated carbocycles. The molecule has 0 spiro atoms. The zero-order valence-electron chi connectivity index (χ0n) is 21.6. The molecule has 0 radical (unpaired) electrons. The summed E-state index contributed by atoms with van der Waals surface area (Å²) in [7, 11) is 3.31. The molecule has 1 aliphatic heterocycles. The van der Waals surface area contributed by atoms with E-state index in [1.165, 1.54) is 0 Å². The Bertz CT molecular complexity index is 1840. The Hall–Kier alpha value is -5.18. The summed E-state index contributed by atoms with van der Waals surface area (Å²) in [6, 6.07) is 25.6. The first-order valence-electron chi connectivity index (χ1n) is 12.5. The van der Waals surface area contributed by atoms with Gasteiger partial charge in [-0.25, -0.2) is 19.2 Å². The van der Waals surface area contributed by atoms with E-state index in [0.717, 1.165) is 39.4 Å². The van der Waals surface area contributed by atoms with Crippen molar-refractivity contribution in [2.24, 2.45) is 0 Å². The maximum absolute atomic E-state index is 6.52. The summed E-state index contributed by atoms with van der Waals surface area (Å²) < 4.78 is 21.4. The standard InChI is InChI=1S/C30H24N6O3/c1-18-24-25(20-13-7-9-15-22(20)37-2)26-28-32-27(21-14-8-10-16-23(21)38-3)34-35(28)17-31-29(26)39-30(24)36(33-18)19-11-5-4-6-12-19/h4-17,25H,1-3H3. The van der Waals surface area contributed by atoms with Crippen LogP contribution in [0.2, 0.25) is 0 Å². The van der Waals surface area contributed by atoms with E-state index in [9.17, 15) is 0 Å². The summed E-state index contributed by atoms with van der Waals surface area (Å²) in [5, 5.41) is 9.65. The number of benzene rings is 3. The van der Waals surface area contributed by atoms with Crippen LogP contribution in [0.5, 0.6) is 23.3 Å². The van der Waals surface area contributed by atoms with Gasteiger partial charge in [0.1, 0.15) is 17.8 Å². The van der Waals surface area contributed by atoms with Crippen LogP contribution in [-0.2, 0) is 0 Å². The van der Waals surface area contributed by atoms with E-state index in [4.69, 9.17) is 34.4 Å². The summed E-state index contributed by atoms with van der Waals surface area (Å²) in [5.74, 6) is 2.72. The predicted octanol–water partition coefficient (Wildman–Crippen LogP) is 5.59. The first-order valence-corrected chi connectivity index (χ1v) is 12.5. The lowest BCUT2D eigenvalue weighted by Crippen LogP contribution is -2.16.